The molecule has 27 heavy (non-hydrogen) atoms. The van der Waals surface area contributed by atoms with E-state index in [1.807, 2.05) is 6.07 Å². The topological polar surface area (TPSA) is 86.7 Å². The van der Waals surface area contributed by atoms with Crippen molar-refractivity contribution in [2.75, 3.05) is 11.9 Å². The highest BCUT2D eigenvalue weighted by molar-refractivity contribution is 5.97. The number of nitrogens with zero attached hydrogens (tertiary/aromatic N) is 1. The zero-order chi connectivity index (χ0) is 19.0. The first-order valence-corrected chi connectivity index (χ1v) is 9.06. The Labute approximate surface area is 156 Å². The van der Waals surface area contributed by atoms with Crippen molar-refractivity contribution in [1.82, 2.24) is 4.90 Å². The summed E-state index contributed by atoms with van der Waals surface area (Å²) in [7, 11) is 0. The molecular weight excluding hydrogens is 344 g/mol. The monoisotopic (exact) mass is 364 g/mol. The number of benzene rings is 2. The molecule has 1 fully saturated rings. The number of carbonyl (C=O) groups is 3. The maximum absolute atomic E-state index is 12.8. The summed E-state index contributed by atoms with van der Waals surface area (Å²) in [5.74, 6) is -0.891. The lowest BCUT2D eigenvalue weighted by Gasteiger charge is -2.29. The van der Waals surface area contributed by atoms with Gasteiger partial charge >= 0.3 is 5.97 Å². The van der Waals surface area contributed by atoms with E-state index in [1.165, 1.54) is 0 Å². The smallest absolute Gasteiger partial charge is 0.335 e. The van der Waals surface area contributed by atoms with Crippen LogP contribution in [-0.4, -0.2) is 34.3 Å². The molecule has 2 amide bonds. The number of amides is 2. The molecule has 2 aromatic carbocycles. The zero-order valence-corrected chi connectivity index (χ0v) is 14.8. The van der Waals surface area contributed by atoms with E-state index in [0.717, 1.165) is 24.0 Å². The molecule has 0 spiro atoms. The molecule has 138 valence electrons. The Morgan fingerprint density at radius 1 is 0.963 bits per heavy atom. The van der Waals surface area contributed by atoms with Gasteiger partial charge in [0.15, 0.2) is 0 Å². The van der Waals surface area contributed by atoms with E-state index in [0.29, 0.717) is 30.8 Å². The number of carboxylic acids is 1. The van der Waals surface area contributed by atoms with Gasteiger partial charge in [-0.2, -0.15) is 0 Å². The average molecular weight is 364 g/mol. The molecule has 2 aliphatic rings. The van der Waals surface area contributed by atoms with Crippen LogP contribution in [0.15, 0.2) is 42.5 Å². The first-order valence-electron chi connectivity index (χ1n) is 9.06. The minimum atomic E-state index is -0.968. The molecule has 1 heterocycles. The largest absolute Gasteiger partial charge is 0.478 e. The quantitative estimate of drug-likeness (QED) is 0.873. The van der Waals surface area contributed by atoms with Crippen LogP contribution in [0.5, 0.6) is 0 Å². The molecule has 1 aliphatic heterocycles. The summed E-state index contributed by atoms with van der Waals surface area (Å²) in [6, 6.07) is 12.0. The Morgan fingerprint density at radius 2 is 1.67 bits per heavy atom. The van der Waals surface area contributed by atoms with E-state index < -0.39 is 5.97 Å². The van der Waals surface area contributed by atoms with Crippen LogP contribution in [-0.2, 0) is 17.8 Å². The first-order chi connectivity index (χ1) is 13.0. The number of hydrogen-bond donors (Lipinski definition) is 2. The van der Waals surface area contributed by atoms with Gasteiger partial charge in [0, 0.05) is 30.3 Å². The van der Waals surface area contributed by atoms with E-state index in [2.05, 4.69) is 5.32 Å². The van der Waals surface area contributed by atoms with Crippen molar-refractivity contribution in [1.29, 1.82) is 0 Å². The molecule has 0 aromatic heterocycles. The lowest BCUT2D eigenvalue weighted by atomic mass is 9.97. The first kappa shape index (κ1) is 17.3. The van der Waals surface area contributed by atoms with Crippen molar-refractivity contribution in [3.63, 3.8) is 0 Å². The Bertz CT molecular complexity index is 916. The number of carbonyl (C=O) groups excluding carboxylic acids is 2. The van der Waals surface area contributed by atoms with Crippen LogP contribution in [0, 0.1) is 5.92 Å². The van der Waals surface area contributed by atoms with E-state index >= 15 is 0 Å². The van der Waals surface area contributed by atoms with Crippen LogP contribution in [0.3, 0.4) is 0 Å². The lowest BCUT2D eigenvalue weighted by molar-refractivity contribution is -0.117. The van der Waals surface area contributed by atoms with E-state index in [4.69, 9.17) is 5.11 Å². The van der Waals surface area contributed by atoms with Crippen LogP contribution in [0.25, 0.3) is 0 Å². The standard InChI is InChI=1S/C21H20N2O4/c24-19(14-2-3-14)22-18-7-5-15(6-8-18)20(25)23-10-9-13-1-4-16(21(26)27)11-17(13)12-23/h1,4-8,11,14H,2-3,9-10,12H2,(H,22,24)(H,26,27). The maximum Gasteiger partial charge on any atom is 0.335 e. The molecule has 1 aliphatic carbocycles. The predicted molar refractivity (Wildman–Crippen MR) is 99.6 cm³/mol. The molecule has 2 N–H and O–H groups in total. The number of nitrogens with one attached hydrogen (secondary N) is 1. The fourth-order valence-corrected chi connectivity index (χ4v) is 3.33. The number of aromatic carboxylic acids is 1. The summed E-state index contributed by atoms with van der Waals surface area (Å²) in [6.45, 7) is 0.994. The van der Waals surface area contributed by atoms with Gasteiger partial charge in [-0.1, -0.05) is 6.07 Å². The molecule has 1 saturated carbocycles. The SMILES string of the molecule is O=C(O)c1ccc2c(c1)CN(C(=O)c1ccc(NC(=O)C3CC3)cc1)CC2. The summed E-state index contributed by atoms with van der Waals surface area (Å²) in [4.78, 5) is 37.5. The van der Waals surface area contributed by atoms with Gasteiger partial charge in [0.2, 0.25) is 5.91 Å². The molecule has 4 rings (SSSR count). The van der Waals surface area contributed by atoms with Gasteiger partial charge in [-0.3, -0.25) is 9.59 Å². The van der Waals surface area contributed by atoms with Crippen molar-refractivity contribution in [3.8, 4) is 0 Å². The summed E-state index contributed by atoms with van der Waals surface area (Å²) in [5.41, 5.74) is 3.44. The number of hydrogen-bond acceptors (Lipinski definition) is 3. The second-order valence-electron chi connectivity index (χ2n) is 7.11. The molecule has 0 radical (unpaired) electrons. The van der Waals surface area contributed by atoms with Gasteiger partial charge < -0.3 is 15.3 Å². The highest BCUT2D eigenvalue weighted by atomic mass is 16.4. The fraction of sp³-hybridized carbons (Fsp3) is 0.286. The van der Waals surface area contributed by atoms with E-state index in [9.17, 15) is 14.4 Å². The summed E-state index contributed by atoms with van der Waals surface area (Å²) >= 11 is 0. The third-order valence-corrected chi connectivity index (χ3v) is 5.10. The summed E-state index contributed by atoms with van der Waals surface area (Å²) < 4.78 is 0. The van der Waals surface area contributed by atoms with Gasteiger partial charge in [0.25, 0.3) is 5.91 Å². The summed E-state index contributed by atoms with van der Waals surface area (Å²) in [6.07, 6.45) is 2.60. The number of carboxylic acid groups (broad SMARTS) is 1. The van der Waals surface area contributed by atoms with E-state index in [1.54, 1.807) is 41.3 Å². The van der Waals surface area contributed by atoms with Gasteiger partial charge in [-0.15, -0.1) is 0 Å². The molecule has 0 unspecified atom stereocenters. The van der Waals surface area contributed by atoms with Crippen molar-refractivity contribution in [2.45, 2.75) is 25.8 Å². The lowest BCUT2D eigenvalue weighted by Crippen LogP contribution is -2.36. The Kier molecular flexibility index (Phi) is 4.39. The Morgan fingerprint density at radius 3 is 2.33 bits per heavy atom. The van der Waals surface area contributed by atoms with Gasteiger partial charge in [-0.05, 0) is 66.8 Å². The fourth-order valence-electron chi connectivity index (χ4n) is 3.33. The highest BCUT2D eigenvalue weighted by Gasteiger charge is 2.29. The second-order valence-corrected chi connectivity index (χ2v) is 7.11. The maximum atomic E-state index is 12.8. The molecule has 0 saturated heterocycles. The minimum absolute atomic E-state index is 0.0379. The average Bonchev–Trinajstić information content (AvgIpc) is 3.52. The van der Waals surface area contributed by atoms with Crippen LogP contribution in [0.4, 0.5) is 5.69 Å². The van der Waals surface area contributed by atoms with Gasteiger partial charge in [0.05, 0.1) is 5.56 Å². The Balaban J connectivity index is 1.45. The summed E-state index contributed by atoms with van der Waals surface area (Å²) in [5, 5.41) is 12.0. The van der Waals surface area contributed by atoms with Crippen molar-refractivity contribution in [2.24, 2.45) is 5.92 Å². The predicted octanol–water partition coefficient (Wildman–Crippen LogP) is 2.93. The zero-order valence-electron chi connectivity index (χ0n) is 14.8. The molecule has 0 bridgehead atoms. The highest BCUT2D eigenvalue weighted by Crippen LogP contribution is 2.30. The van der Waals surface area contributed by atoms with Crippen molar-refractivity contribution in [3.05, 3.63) is 64.7 Å². The molecule has 6 nitrogen and oxygen atoms in total. The normalized spacial score (nSPS) is 15.8. The number of rotatable bonds is 4. The number of fused-ring (bicyclic) bond motifs is 1. The second kappa shape index (κ2) is 6.87. The van der Waals surface area contributed by atoms with Gasteiger partial charge in [0.1, 0.15) is 0 Å². The van der Waals surface area contributed by atoms with Crippen LogP contribution in [0.1, 0.15) is 44.7 Å². The molecule has 6 heteroatoms. The molecule has 0 atom stereocenters. The third kappa shape index (κ3) is 3.69. The van der Waals surface area contributed by atoms with Crippen LogP contribution < -0.4 is 5.32 Å². The number of anilines is 1. The molecular formula is C21H20N2O4. The van der Waals surface area contributed by atoms with Crippen molar-refractivity contribution >= 4 is 23.5 Å². The van der Waals surface area contributed by atoms with Crippen molar-refractivity contribution < 1.29 is 19.5 Å². The minimum Gasteiger partial charge on any atom is -0.478 e. The molecule has 2 aromatic rings. The van der Waals surface area contributed by atoms with E-state index in [-0.39, 0.29) is 23.3 Å². The van der Waals surface area contributed by atoms with Crippen LogP contribution in [0.2, 0.25) is 0 Å². The van der Waals surface area contributed by atoms with Gasteiger partial charge in [-0.25, -0.2) is 4.79 Å². The van der Waals surface area contributed by atoms with Crippen LogP contribution >= 0.6 is 0 Å². The third-order valence-electron chi connectivity index (χ3n) is 5.10. The Hall–Kier alpha value is -3.15.